The lowest BCUT2D eigenvalue weighted by Crippen LogP contribution is -2.29. The molecule has 3 rings (SSSR count). The van der Waals surface area contributed by atoms with Gasteiger partial charge in [0.15, 0.2) is 5.69 Å². The van der Waals surface area contributed by atoms with Gasteiger partial charge in [-0.15, -0.1) is 17.5 Å². The number of carbonyl (C=O) groups excluding carboxylic acids is 1. The standard InChI is InChI=1S/C15H23N7O.ClH/c1-2-3-10-21-14(6-9-17-21)18-15(23)13-11-22(20-19-13)12-4-7-16-8-5-12;/h6,9,11-12,16H,2-5,7-8,10H2,1H3,(H,18,23);1H. The fraction of sp³-hybridized carbons (Fsp3) is 0.600. The van der Waals surface area contributed by atoms with E-state index in [1.54, 1.807) is 23.1 Å². The summed E-state index contributed by atoms with van der Waals surface area (Å²) < 4.78 is 3.61. The van der Waals surface area contributed by atoms with Crippen molar-refractivity contribution >= 4 is 24.1 Å². The number of hydrogen-bond acceptors (Lipinski definition) is 5. The van der Waals surface area contributed by atoms with E-state index in [1.807, 2.05) is 4.68 Å². The summed E-state index contributed by atoms with van der Waals surface area (Å²) >= 11 is 0. The van der Waals surface area contributed by atoms with Crippen LogP contribution >= 0.6 is 12.4 Å². The van der Waals surface area contributed by atoms with Gasteiger partial charge < -0.3 is 10.6 Å². The maximum absolute atomic E-state index is 12.4. The highest BCUT2D eigenvalue weighted by atomic mass is 35.5. The number of nitrogens with one attached hydrogen (secondary N) is 2. The second kappa shape index (κ2) is 8.79. The Bertz CT molecular complexity index is 648. The first kappa shape index (κ1) is 18.4. The van der Waals surface area contributed by atoms with E-state index >= 15 is 0 Å². The first-order valence-corrected chi connectivity index (χ1v) is 8.23. The van der Waals surface area contributed by atoms with E-state index in [4.69, 9.17) is 0 Å². The summed E-state index contributed by atoms with van der Waals surface area (Å²) in [4.78, 5) is 12.4. The predicted molar refractivity (Wildman–Crippen MR) is 93.5 cm³/mol. The maximum atomic E-state index is 12.4. The molecule has 24 heavy (non-hydrogen) atoms. The second-order valence-corrected chi connectivity index (χ2v) is 5.81. The molecular formula is C15H24ClN7O. The number of aromatic nitrogens is 5. The number of anilines is 1. The van der Waals surface area contributed by atoms with Crippen LogP contribution in [0.15, 0.2) is 18.5 Å². The van der Waals surface area contributed by atoms with E-state index in [0.717, 1.165) is 45.3 Å². The zero-order valence-electron chi connectivity index (χ0n) is 13.8. The van der Waals surface area contributed by atoms with Crippen LogP contribution in [0.2, 0.25) is 0 Å². The minimum atomic E-state index is -0.247. The Morgan fingerprint density at radius 1 is 1.42 bits per heavy atom. The summed E-state index contributed by atoms with van der Waals surface area (Å²) in [5.41, 5.74) is 0.340. The highest BCUT2D eigenvalue weighted by molar-refractivity contribution is 6.02. The van der Waals surface area contributed by atoms with Crippen molar-refractivity contribution in [3.63, 3.8) is 0 Å². The number of halogens is 1. The van der Waals surface area contributed by atoms with Gasteiger partial charge in [0.05, 0.1) is 18.4 Å². The number of aryl methyl sites for hydroxylation is 1. The van der Waals surface area contributed by atoms with Gasteiger partial charge in [-0.05, 0) is 32.4 Å². The summed E-state index contributed by atoms with van der Waals surface area (Å²) in [6.07, 6.45) is 7.55. The number of rotatable bonds is 6. The van der Waals surface area contributed by atoms with Crippen LogP contribution in [-0.4, -0.2) is 43.8 Å². The lowest BCUT2D eigenvalue weighted by atomic mass is 10.1. The van der Waals surface area contributed by atoms with Gasteiger partial charge in [0.1, 0.15) is 5.82 Å². The molecule has 1 aliphatic rings. The molecule has 2 aromatic rings. The Morgan fingerprint density at radius 2 is 2.21 bits per heavy atom. The summed E-state index contributed by atoms with van der Waals surface area (Å²) in [7, 11) is 0. The van der Waals surface area contributed by atoms with Crippen LogP contribution in [0, 0.1) is 0 Å². The molecule has 0 bridgehead atoms. The molecule has 8 nitrogen and oxygen atoms in total. The molecule has 0 atom stereocenters. The molecule has 0 spiro atoms. The van der Waals surface area contributed by atoms with Crippen molar-refractivity contribution in [1.82, 2.24) is 30.1 Å². The van der Waals surface area contributed by atoms with Gasteiger partial charge in [-0.25, -0.2) is 9.36 Å². The second-order valence-electron chi connectivity index (χ2n) is 5.81. The normalized spacial score (nSPS) is 15.0. The summed E-state index contributed by atoms with van der Waals surface area (Å²) in [5, 5.41) is 18.5. The number of hydrogen-bond donors (Lipinski definition) is 2. The Morgan fingerprint density at radius 3 is 2.96 bits per heavy atom. The van der Waals surface area contributed by atoms with Crippen molar-refractivity contribution in [2.75, 3.05) is 18.4 Å². The summed E-state index contributed by atoms with van der Waals surface area (Å²) in [5.74, 6) is 0.447. The van der Waals surface area contributed by atoms with Crippen LogP contribution in [0.1, 0.15) is 49.1 Å². The van der Waals surface area contributed by atoms with E-state index in [9.17, 15) is 4.79 Å². The Hall–Kier alpha value is -1.93. The van der Waals surface area contributed by atoms with Gasteiger partial charge in [0.2, 0.25) is 0 Å². The number of unbranched alkanes of at least 4 members (excludes halogenated alkanes) is 1. The molecule has 2 N–H and O–H groups in total. The lowest BCUT2D eigenvalue weighted by Gasteiger charge is -2.22. The van der Waals surface area contributed by atoms with Crippen molar-refractivity contribution in [3.05, 3.63) is 24.2 Å². The predicted octanol–water partition coefficient (Wildman–Crippen LogP) is 1.87. The van der Waals surface area contributed by atoms with Gasteiger partial charge >= 0.3 is 0 Å². The molecule has 9 heteroatoms. The van der Waals surface area contributed by atoms with Crippen molar-refractivity contribution in [2.45, 2.75) is 45.2 Å². The number of amides is 1. The van der Waals surface area contributed by atoms with Gasteiger partial charge in [0, 0.05) is 12.6 Å². The van der Waals surface area contributed by atoms with Crippen LogP contribution in [0.4, 0.5) is 5.82 Å². The molecule has 132 valence electrons. The fourth-order valence-corrected chi connectivity index (χ4v) is 2.74. The van der Waals surface area contributed by atoms with Crippen molar-refractivity contribution < 1.29 is 4.79 Å². The number of carbonyl (C=O) groups is 1. The van der Waals surface area contributed by atoms with E-state index in [2.05, 4.69) is 33.0 Å². The highest BCUT2D eigenvalue weighted by Gasteiger charge is 2.19. The van der Waals surface area contributed by atoms with Crippen LogP contribution in [0.25, 0.3) is 0 Å². The topological polar surface area (TPSA) is 89.7 Å². The molecule has 1 fully saturated rings. The summed E-state index contributed by atoms with van der Waals surface area (Å²) in [6.45, 7) is 4.87. The molecule has 0 saturated carbocycles. The molecule has 0 unspecified atom stereocenters. The molecule has 0 aromatic carbocycles. The first-order chi connectivity index (χ1) is 11.3. The minimum Gasteiger partial charge on any atom is -0.317 e. The quantitative estimate of drug-likeness (QED) is 0.827. The van der Waals surface area contributed by atoms with Crippen molar-refractivity contribution in [2.24, 2.45) is 0 Å². The minimum absolute atomic E-state index is 0. The third-order valence-electron chi connectivity index (χ3n) is 4.11. The third-order valence-corrected chi connectivity index (χ3v) is 4.11. The Labute approximate surface area is 147 Å². The van der Waals surface area contributed by atoms with Crippen LogP contribution in [-0.2, 0) is 6.54 Å². The molecule has 1 aliphatic heterocycles. The number of piperidine rings is 1. The molecule has 2 aromatic heterocycles. The van der Waals surface area contributed by atoms with Gasteiger partial charge in [0.25, 0.3) is 5.91 Å². The molecular weight excluding hydrogens is 330 g/mol. The van der Waals surface area contributed by atoms with Gasteiger partial charge in [-0.3, -0.25) is 4.79 Å². The van der Waals surface area contributed by atoms with Crippen LogP contribution in [0.5, 0.6) is 0 Å². The Balaban J connectivity index is 0.00000208. The molecule has 1 saturated heterocycles. The molecule has 0 radical (unpaired) electrons. The molecule has 1 amide bonds. The van der Waals surface area contributed by atoms with E-state index in [1.165, 1.54) is 0 Å². The smallest absolute Gasteiger partial charge is 0.278 e. The zero-order chi connectivity index (χ0) is 16.1. The highest BCUT2D eigenvalue weighted by Crippen LogP contribution is 2.17. The zero-order valence-corrected chi connectivity index (χ0v) is 14.6. The lowest BCUT2D eigenvalue weighted by molar-refractivity contribution is 0.102. The molecule has 0 aliphatic carbocycles. The largest absolute Gasteiger partial charge is 0.317 e. The first-order valence-electron chi connectivity index (χ1n) is 8.23. The maximum Gasteiger partial charge on any atom is 0.278 e. The fourth-order valence-electron chi connectivity index (χ4n) is 2.74. The Kier molecular flexibility index (Phi) is 6.74. The summed E-state index contributed by atoms with van der Waals surface area (Å²) in [6, 6.07) is 2.12. The average Bonchev–Trinajstić information content (AvgIpc) is 3.23. The molecule has 3 heterocycles. The average molecular weight is 354 g/mol. The number of nitrogens with zero attached hydrogens (tertiary/aromatic N) is 5. The van der Waals surface area contributed by atoms with E-state index in [-0.39, 0.29) is 18.3 Å². The van der Waals surface area contributed by atoms with Crippen LogP contribution in [0.3, 0.4) is 0 Å². The van der Waals surface area contributed by atoms with Crippen LogP contribution < -0.4 is 10.6 Å². The van der Waals surface area contributed by atoms with Gasteiger partial charge in [-0.2, -0.15) is 5.10 Å². The monoisotopic (exact) mass is 353 g/mol. The van der Waals surface area contributed by atoms with E-state index < -0.39 is 0 Å². The third kappa shape index (κ3) is 4.33. The SMILES string of the molecule is CCCCn1nccc1NC(=O)c1cn(C2CCNCC2)nn1.Cl. The van der Waals surface area contributed by atoms with Gasteiger partial charge in [-0.1, -0.05) is 18.6 Å². The van der Waals surface area contributed by atoms with Crippen molar-refractivity contribution in [3.8, 4) is 0 Å². The van der Waals surface area contributed by atoms with E-state index in [0.29, 0.717) is 17.6 Å². The van der Waals surface area contributed by atoms with Crippen molar-refractivity contribution in [1.29, 1.82) is 0 Å².